The number of hydrogen-bond donors (Lipinski definition) is 3. The predicted molar refractivity (Wildman–Crippen MR) is 87.7 cm³/mol. The summed E-state index contributed by atoms with van der Waals surface area (Å²) in [6, 6.07) is -0.557. The van der Waals surface area contributed by atoms with Gasteiger partial charge in [-0.25, -0.2) is 0 Å². The summed E-state index contributed by atoms with van der Waals surface area (Å²) in [4.78, 5) is 22.5. The number of carbonyl (C=O) groups is 2. The van der Waals surface area contributed by atoms with Crippen LogP contribution < -0.4 is 16.0 Å². The van der Waals surface area contributed by atoms with Crippen LogP contribution in [0.15, 0.2) is 0 Å². The van der Waals surface area contributed by atoms with E-state index in [0.29, 0.717) is 19.8 Å². The van der Waals surface area contributed by atoms with Gasteiger partial charge in [0.1, 0.15) is 12.6 Å². The highest BCUT2D eigenvalue weighted by atomic mass is 16.5. The molecule has 0 aromatic rings. The van der Waals surface area contributed by atoms with E-state index in [4.69, 9.17) is 9.47 Å². The predicted octanol–water partition coefficient (Wildman–Crippen LogP) is 0.152. The van der Waals surface area contributed by atoms with E-state index in [1.807, 2.05) is 7.05 Å². The molecule has 7 nitrogen and oxygen atoms in total. The minimum atomic E-state index is -0.557. The molecule has 0 radical (unpaired) electrons. The minimum absolute atomic E-state index is 0.0727. The van der Waals surface area contributed by atoms with Crippen LogP contribution in [0.25, 0.3) is 0 Å². The molecule has 132 valence electrons. The van der Waals surface area contributed by atoms with Crippen molar-refractivity contribution in [2.75, 3.05) is 47.1 Å². The van der Waals surface area contributed by atoms with Gasteiger partial charge in [-0.1, -0.05) is 20.8 Å². The first-order valence-corrected chi connectivity index (χ1v) is 7.66. The van der Waals surface area contributed by atoms with Crippen molar-refractivity contribution < 1.29 is 19.1 Å². The van der Waals surface area contributed by atoms with Crippen molar-refractivity contribution in [2.45, 2.75) is 33.7 Å². The number of nitrogens with one attached hydrogen (secondary N) is 3. The quantitative estimate of drug-likeness (QED) is 0.499. The van der Waals surface area contributed by atoms with Gasteiger partial charge in [0.05, 0.1) is 19.8 Å². The summed E-state index contributed by atoms with van der Waals surface area (Å²) in [5.41, 5.74) is 0. The second-order valence-corrected chi connectivity index (χ2v) is 5.40. The van der Waals surface area contributed by atoms with Crippen molar-refractivity contribution in [2.24, 2.45) is 5.92 Å². The molecule has 0 aromatic carbocycles. The summed E-state index contributed by atoms with van der Waals surface area (Å²) in [6.07, 6.45) is 0. The zero-order chi connectivity index (χ0) is 17.4. The number of carbonyl (C=O) groups excluding carboxylic acids is 2. The monoisotopic (exact) mass is 319 g/mol. The van der Waals surface area contributed by atoms with Crippen LogP contribution in [0.2, 0.25) is 0 Å². The number of likely N-dealkylation sites (N-methyl/N-ethyl adjacent to an activating group) is 2. The van der Waals surface area contributed by atoms with Crippen molar-refractivity contribution in [1.29, 1.82) is 0 Å². The molecule has 1 unspecified atom stereocenters. The lowest BCUT2D eigenvalue weighted by Crippen LogP contribution is -2.44. The number of amides is 2. The Morgan fingerprint density at radius 1 is 0.955 bits per heavy atom. The molecule has 22 heavy (non-hydrogen) atoms. The first kappa shape index (κ1) is 23.1. The van der Waals surface area contributed by atoms with E-state index < -0.39 is 6.04 Å². The van der Waals surface area contributed by atoms with Gasteiger partial charge in [0.2, 0.25) is 11.8 Å². The van der Waals surface area contributed by atoms with Crippen LogP contribution in [0.4, 0.5) is 0 Å². The summed E-state index contributed by atoms with van der Waals surface area (Å²) in [7, 11) is 3.36. The van der Waals surface area contributed by atoms with Crippen molar-refractivity contribution in [1.82, 2.24) is 16.0 Å². The Labute approximate surface area is 134 Å². The summed E-state index contributed by atoms with van der Waals surface area (Å²) in [6.45, 7) is 10.2. The Kier molecular flexibility index (Phi) is 17.0. The van der Waals surface area contributed by atoms with E-state index >= 15 is 0 Å². The zero-order valence-corrected chi connectivity index (χ0v) is 14.8. The van der Waals surface area contributed by atoms with Gasteiger partial charge in [-0.3, -0.25) is 9.59 Å². The Hall–Kier alpha value is -1.18. The topological polar surface area (TPSA) is 88.7 Å². The van der Waals surface area contributed by atoms with Gasteiger partial charge >= 0.3 is 0 Å². The van der Waals surface area contributed by atoms with Gasteiger partial charge < -0.3 is 25.4 Å². The average molecular weight is 319 g/mol. The van der Waals surface area contributed by atoms with Crippen LogP contribution in [0.5, 0.6) is 0 Å². The van der Waals surface area contributed by atoms with Crippen molar-refractivity contribution in [3.05, 3.63) is 0 Å². The molecule has 0 saturated heterocycles. The molecule has 0 aliphatic rings. The van der Waals surface area contributed by atoms with E-state index in [9.17, 15) is 9.59 Å². The van der Waals surface area contributed by atoms with Gasteiger partial charge in [0, 0.05) is 13.6 Å². The van der Waals surface area contributed by atoms with Crippen LogP contribution in [0.1, 0.15) is 27.7 Å². The maximum atomic E-state index is 11.3. The number of hydrogen-bond acceptors (Lipinski definition) is 5. The van der Waals surface area contributed by atoms with Crippen molar-refractivity contribution in [3.8, 4) is 0 Å². The molecule has 0 saturated carbocycles. The van der Waals surface area contributed by atoms with Gasteiger partial charge in [-0.05, 0) is 19.9 Å². The maximum absolute atomic E-state index is 11.3. The Morgan fingerprint density at radius 2 is 1.50 bits per heavy atom. The summed E-state index contributed by atoms with van der Waals surface area (Å²) in [5, 5.41) is 7.91. The van der Waals surface area contributed by atoms with Gasteiger partial charge in [-0.2, -0.15) is 0 Å². The highest BCUT2D eigenvalue weighted by Crippen LogP contribution is 1.84. The smallest absolute Gasteiger partial charge is 0.246 e. The second-order valence-electron chi connectivity index (χ2n) is 5.40. The second kappa shape index (κ2) is 16.2. The van der Waals surface area contributed by atoms with Gasteiger partial charge in [0.15, 0.2) is 0 Å². The highest BCUT2D eigenvalue weighted by molar-refractivity contribution is 5.87. The van der Waals surface area contributed by atoms with Gasteiger partial charge in [-0.15, -0.1) is 0 Å². The molecule has 0 aliphatic carbocycles. The molecule has 0 bridgehead atoms. The van der Waals surface area contributed by atoms with Crippen LogP contribution in [-0.2, 0) is 19.1 Å². The molecule has 0 aromatic heterocycles. The van der Waals surface area contributed by atoms with E-state index in [1.54, 1.807) is 6.92 Å². The Morgan fingerprint density at radius 3 is 2.00 bits per heavy atom. The first-order chi connectivity index (χ1) is 10.3. The third-order valence-corrected chi connectivity index (χ3v) is 2.12. The third-order valence-electron chi connectivity index (χ3n) is 2.12. The zero-order valence-electron chi connectivity index (χ0n) is 14.8. The fourth-order valence-electron chi connectivity index (χ4n) is 1.12. The van der Waals surface area contributed by atoms with Crippen molar-refractivity contribution in [3.63, 3.8) is 0 Å². The Balaban J connectivity index is 0. The minimum Gasteiger partial charge on any atom is -0.378 e. The Bertz CT molecular complexity index is 283. The van der Waals surface area contributed by atoms with E-state index in [2.05, 4.69) is 36.7 Å². The molecular weight excluding hydrogens is 286 g/mol. The lowest BCUT2D eigenvalue weighted by atomic mass is 10.3. The lowest BCUT2D eigenvalue weighted by Gasteiger charge is -2.12. The molecule has 3 N–H and O–H groups in total. The lowest BCUT2D eigenvalue weighted by molar-refractivity contribution is -0.131. The molecule has 0 aliphatic heterocycles. The summed E-state index contributed by atoms with van der Waals surface area (Å²) >= 11 is 0. The number of ether oxygens (including phenoxy) is 2. The normalized spacial score (nSPS) is 11.4. The van der Waals surface area contributed by atoms with E-state index in [0.717, 1.165) is 12.5 Å². The fourth-order valence-corrected chi connectivity index (χ4v) is 1.12. The SMILES string of the molecule is CC(C)C.CNCCOCCOCC(=O)NC(C)C(=O)NC. The molecular formula is C15H33N3O4. The van der Waals surface area contributed by atoms with E-state index in [1.165, 1.54) is 7.05 Å². The van der Waals surface area contributed by atoms with Crippen LogP contribution >= 0.6 is 0 Å². The summed E-state index contributed by atoms with van der Waals surface area (Å²) in [5.74, 6) is 0.278. The van der Waals surface area contributed by atoms with Crippen LogP contribution in [0, 0.1) is 5.92 Å². The molecule has 0 spiro atoms. The molecule has 0 heterocycles. The largest absolute Gasteiger partial charge is 0.378 e. The highest BCUT2D eigenvalue weighted by Gasteiger charge is 2.13. The average Bonchev–Trinajstić information content (AvgIpc) is 2.44. The molecule has 2 amide bonds. The molecule has 0 fully saturated rings. The molecule has 1 atom stereocenters. The first-order valence-electron chi connectivity index (χ1n) is 7.66. The third kappa shape index (κ3) is 18.8. The standard InChI is InChI=1S/C11H23N3O4.C4H10/c1-9(11(16)13-3)14-10(15)8-18-7-6-17-5-4-12-2;1-4(2)3/h9,12H,4-8H2,1-3H3,(H,13,16)(H,14,15);4H,1-3H3. The fraction of sp³-hybridized carbons (Fsp3) is 0.867. The molecule has 0 rings (SSSR count). The maximum Gasteiger partial charge on any atom is 0.246 e. The molecule has 7 heteroatoms. The summed E-state index contributed by atoms with van der Waals surface area (Å²) < 4.78 is 10.3. The van der Waals surface area contributed by atoms with E-state index in [-0.39, 0.29) is 18.4 Å². The van der Waals surface area contributed by atoms with Crippen LogP contribution in [0.3, 0.4) is 0 Å². The number of rotatable bonds is 10. The van der Waals surface area contributed by atoms with Crippen molar-refractivity contribution >= 4 is 11.8 Å². The van der Waals surface area contributed by atoms with Gasteiger partial charge in [0.25, 0.3) is 0 Å². The van der Waals surface area contributed by atoms with Crippen LogP contribution in [-0.4, -0.2) is 64.9 Å².